The molecular formula is C65H41NO. The summed E-state index contributed by atoms with van der Waals surface area (Å²) in [5.74, 6) is 0. The zero-order valence-corrected chi connectivity index (χ0v) is 36.5. The Morgan fingerprint density at radius 2 is 0.806 bits per heavy atom. The lowest BCUT2D eigenvalue weighted by atomic mass is 9.70. The quantitative estimate of drug-likeness (QED) is 0.166. The summed E-state index contributed by atoms with van der Waals surface area (Å²) in [6.45, 7) is 0. The zero-order valence-electron chi connectivity index (χ0n) is 36.5. The van der Waals surface area contributed by atoms with Gasteiger partial charge >= 0.3 is 0 Å². The lowest BCUT2D eigenvalue weighted by molar-refractivity contribution is 0.672. The highest BCUT2D eigenvalue weighted by Gasteiger charge is 2.51. The second kappa shape index (κ2) is 14.7. The Hall–Kier alpha value is -8.72. The largest absolute Gasteiger partial charge is 0.455 e. The fraction of sp³-hybridized carbons (Fsp3) is 0.0154. The number of furan rings is 1. The van der Waals surface area contributed by atoms with E-state index in [1.54, 1.807) is 0 Å². The number of para-hydroxylation sites is 1. The molecule has 0 aliphatic heterocycles. The van der Waals surface area contributed by atoms with Crippen molar-refractivity contribution in [2.45, 2.75) is 5.41 Å². The van der Waals surface area contributed by atoms with Crippen molar-refractivity contribution in [1.82, 2.24) is 0 Å². The molecule has 67 heavy (non-hydrogen) atoms. The molecule has 0 unspecified atom stereocenters. The normalized spacial score (nSPS) is 12.9. The van der Waals surface area contributed by atoms with E-state index in [1.165, 1.54) is 72.3 Å². The van der Waals surface area contributed by atoms with Crippen LogP contribution in [0.4, 0.5) is 17.1 Å². The van der Waals surface area contributed by atoms with E-state index in [9.17, 15) is 0 Å². The minimum absolute atomic E-state index is 0.397. The zero-order chi connectivity index (χ0) is 44.1. The van der Waals surface area contributed by atoms with Crippen molar-refractivity contribution in [1.29, 1.82) is 0 Å². The van der Waals surface area contributed by atoms with Crippen molar-refractivity contribution in [3.05, 3.63) is 271 Å². The Morgan fingerprint density at radius 1 is 0.299 bits per heavy atom. The van der Waals surface area contributed by atoms with E-state index in [2.05, 4.69) is 254 Å². The minimum Gasteiger partial charge on any atom is -0.455 e. The van der Waals surface area contributed by atoms with Gasteiger partial charge in [0.25, 0.3) is 0 Å². The van der Waals surface area contributed by atoms with Gasteiger partial charge in [-0.3, -0.25) is 0 Å². The molecule has 0 atom stereocenters. The number of benzene rings is 11. The van der Waals surface area contributed by atoms with Gasteiger partial charge in [-0.05, 0) is 138 Å². The smallest absolute Gasteiger partial charge is 0.143 e. The highest BCUT2D eigenvalue weighted by atomic mass is 16.3. The molecule has 0 N–H and O–H groups in total. The molecule has 0 bridgehead atoms. The van der Waals surface area contributed by atoms with Crippen LogP contribution in [0, 0.1) is 0 Å². The summed E-state index contributed by atoms with van der Waals surface area (Å²) in [5.41, 5.74) is 22.3. The lowest BCUT2D eigenvalue weighted by Crippen LogP contribution is -2.25. The van der Waals surface area contributed by atoms with Gasteiger partial charge in [0, 0.05) is 22.1 Å². The van der Waals surface area contributed by atoms with E-state index >= 15 is 0 Å². The molecule has 0 saturated heterocycles. The topological polar surface area (TPSA) is 16.4 Å². The molecule has 12 aromatic rings. The van der Waals surface area contributed by atoms with Crippen molar-refractivity contribution < 1.29 is 4.42 Å². The summed E-state index contributed by atoms with van der Waals surface area (Å²) < 4.78 is 6.93. The predicted octanol–water partition coefficient (Wildman–Crippen LogP) is 17.6. The van der Waals surface area contributed by atoms with Crippen LogP contribution in [0.25, 0.3) is 88.3 Å². The molecule has 14 rings (SSSR count). The van der Waals surface area contributed by atoms with E-state index in [-0.39, 0.29) is 0 Å². The number of hydrogen-bond donors (Lipinski definition) is 0. The molecule has 0 radical (unpaired) electrons. The summed E-state index contributed by atoms with van der Waals surface area (Å²) in [6.07, 6.45) is 0. The van der Waals surface area contributed by atoms with Gasteiger partial charge < -0.3 is 9.32 Å². The molecule has 11 aromatic carbocycles. The summed E-state index contributed by atoms with van der Waals surface area (Å²) in [5, 5.41) is 4.42. The summed E-state index contributed by atoms with van der Waals surface area (Å²) in [7, 11) is 0. The Morgan fingerprint density at radius 3 is 1.51 bits per heavy atom. The third-order valence-electron chi connectivity index (χ3n) is 14.5. The van der Waals surface area contributed by atoms with Gasteiger partial charge in [0.05, 0.1) is 16.5 Å². The first-order chi connectivity index (χ1) is 33.2. The molecule has 0 saturated carbocycles. The highest BCUT2D eigenvalue weighted by Crippen LogP contribution is 2.63. The fourth-order valence-corrected chi connectivity index (χ4v) is 11.6. The maximum absolute atomic E-state index is 6.93. The second-order valence-corrected chi connectivity index (χ2v) is 17.9. The van der Waals surface area contributed by atoms with Gasteiger partial charge in [0.1, 0.15) is 11.2 Å². The van der Waals surface area contributed by atoms with Crippen LogP contribution in [0.15, 0.2) is 253 Å². The van der Waals surface area contributed by atoms with Gasteiger partial charge in [-0.1, -0.05) is 194 Å². The number of fused-ring (bicyclic) bond motifs is 15. The maximum Gasteiger partial charge on any atom is 0.143 e. The van der Waals surface area contributed by atoms with E-state index in [0.717, 1.165) is 55.3 Å². The summed E-state index contributed by atoms with van der Waals surface area (Å²) >= 11 is 0. The van der Waals surface area contributed by atoms with E-state index in [1.807, 2.05) is 0 Å². The Kier molecular flexibility index (Phi) is 8.23. The van der Waals surface area contributed by atoms with Crippen LogP contribution >= 0.6 is 0 Å². The fourth-order valence-electron chi connectivity index (χ4n) is 11.6. The summed E-state index contributed by atoms with van der Waals surface area (Å²) in [6, 6.07) is 91.0. The van der Waals surface area contributed by atoms with E-state index in [0.29, 0.717) is 0 Å². The third-order valence-corrected chi connectivity index (χ3v) is 14.5. The lowest BCUT2D eigenvalue weighted by Gasteiger charge is -2.30. The minimum atomic E-state index is -0.397. The van der Waals surface area contributed by atoms with Crippen molar-refractivity contribution >= 4 is 49.8 Å². The van der Waals surface area contributed by atoms with Gasteiger partial charge in [0.15, 0.2) is 0 Å². The van der Waals surface area contributed by atoms with Crippen molar-refractivity contribution in [2.75, 3.05) is 4.90 Å². The average Bonchev–Trinajstić information content (AvgIpc) is 4.04. The molecule has 1 aromatic heterocycles. The molecule has 2 aliphatic rings. The van der Waals surface area contributed by atoms with E-state index < -0.39 is 5.41 Å². The van der Waals surface area contributed by atoms with Gasteiger partial charge in [-0.15, -0.1) is 0 Å². The molecule has 0 amide bonds. The molecule has 2 nitrogen and oxygen atoms in total. The SMILES string of the molecule is c1ccc(-c2ccc(N(c3ccccc3)c3cccc4oc5c6ccccc6c(-c6cccc(-c7ccc8c(c7)C7(c9ccccc9-c9ccccc97)c7ccccc7-8)c6)cc5c34)cc2)cc1. The first-order valence-electron chi connectivity index (χ1n) is 23.2. The molecule has 2 aliphatic carbocycles. The van der Waals surface area contributed by atoms with Crippen LogP contribution in [-0.2, 0) is 5.41 Å². The predicted molar refractivity (Wildman–Crippen MR) is 279 cm³/mol. The van der Waals surface area contributed by atoms with Crippen LogP contribution < -0.4 is 4.90 Å². The van der Waals surface area contributed by atoms with Crippen LogP contribution in [-0.4, -0.2) is 0 Å². The van der Waals surface area contributed by atoms with Gasteiger partial charge in [-0.25, -0.2) is 0 Å². The second-order valence-electron chi connectivity index (χ2n) is 17.9. The molecule has 1 spiro atoms. The number of anilines is 3. The Bertz CT molecular complexity index is 3860. The van der Waals surface area contributed by atoms with Crippen molar-refractivity contribution in [3.63, 3.8) is 0 Å². The first-order valence-corrected chi connectivity index (χ1v) is 23.2. The number of hydrogen-bond acceptors (Lipinski definition) is 2. The Balaban J connectivity index is 0.944. The monoisotopic (exact) mass is 851 g/mol. The van der Waals surface area contributed by atoms with Crippen LogP contribution in [0.1, 0.15) is 22.3 Å². The van der Waals surface area contributed by atoms with Crippen LogP contribution in [0.2, 0.25) is 0 Å². The van der Waals surface area contributed by atoms with E-state index in [4.69, 9.17) is 4.42 Å². The molecule has 312 valence electrons. The van der Waals surface area contributed by atoms with Crippen molar-refractivity contribution in [2.24, 2.45) is 0 Å². The van der Waals surface area contributed by atoms with Gasteiger partial charge in [0.2, 0.25) is 0 Å². The summed E-state index contributed by atoms with van der Waals surface area (Å²) in [4.78, 5) is 2.36. The average molecular weight is 852 g/mol. The number of rotatable bonds is 6. The molecule has 2 heteroatoms. The van der Waals surface area contributed by atoms with Crippen LogP contribution in [0.5, 0.6) is 0 Å². The molecule has 0 fully saturated rings. The van der Waals surface area contributed by atoms with Crippen LogP contribution in [0.3, 0.4) is 0 Å². The van der Waals surface area contributed by atoms with Crippen molar-refractivity contribution in [3.8, 4) is 55.6 Å². The molecular weight excluding hydrogens is 811 g/mol. The molecule has 1 heterocycles. The van der Waals surface area contributed by atoms with Gasteiger partial charge in [-0.2, -0.15) is 0 Å². The third kappa shape index (κ3) is 5.51. The maximum atomic E-state index is 6.93. The standard InChI is InChI=1S/C65H41NO/c1-3-17-42(18-4-1)43-33-36-48(37-34-43)66(47-21-5-2-6-22-47)61-31-16-32-62-63(61)56-41-55(49-23-7-8-27-54(49)64(56)67-62)46-20-15-19-44(39-46)45-35-38-53-52-26-11-14-30-59(52)65(60(53)40-45)57-28-12-9-24-50(57)51-25-10-13-29-58(51)65/h1-41H. The first kappa shape index (κ1) is 37.6. The highest BCUT2D eigenvalue weighted by molar-refractivity contribution is 6.22. The number of nitrogens with zero attached hydrogens (tertiary/aromatic N) is 1. The Labute approximate surface area is 389 Å².